The SMILES string of the molecule is Brc1cc(Oc2ncc3[nH]cnc3n2)cc2c1CCC2. The van der Waals surface area contributed by atoms with E-state index >= 15 is 0 Å². The number of nitrogens with zero attached hydrogens (tertiary/aromatic N) is 3. The first kappa shape index (κ1) is 11.8. The highest BCUT2D eigenvalue weighted by molar-refractivity contribution is 9.10. The fourth-order valence-electron chi connectivity index (χ4n) is 2.56. The Morgan fingerprint density at radius 1 is 1.20 bits per heavy atom. The summed E-state index contributed by atoms with van der Waals surface area (Å²) in [6.07, 6.45) is 6.70. The van der Waals surface area contributed by atoms with E-state index in [4.69, 9.17) is 4.74 Å². The summed E-state index contributed by atoms with van der Waals surface area (Å²) in [7, 11) is 0. The van der Waals surface area contributed by atoms with E-state index in [0.717, 1.165) is 28.6 Å². The Bertz CT molecular complexity index is 799. The maximum Gasteiger partial charge on any atom is 0.324 e. The first-order valence-corrected chi connectivity index (χ1v) is 7.24. The van der Waals surface area contributed by atoms with Crippen molar-refractivity contribution >= 4 is 27.1 Å². The summed E-state index contributed by atoms with van der Waals surface area (Å²) in [5, 5.41) is 0. The van der Waals surface area contributed by atoms with Crippen LogP contribution < -0.4 is 4.74 Å². The van der Waals surface area contributed by atoms with Crippen molar-refractivity contribution in [3.8, 4) is 11.8 Å². The quantitative estimate of drug-likeness (QED) is 0.782. The average molecular weight is 331 g/mol. The van der Waals surface area contributed by atoms with E-state index in [1.165, 1.54) is 17.5 Å². The van der Waals surface area contributed by atoms with Crippen LogP contribution in [-0.4, -0.2) is 19.9 Å². The normalized spacial score (nSPS) is 13.7. The van der Waals surface area contributed by atoms with E-state index in [-0.39, 0.29) is 0 Å². The van der Waals surface area contributed by atoms with Crippen molar-refractivity contribution in [3.63, 3.8) is 0 Å². The van der Waals surface area contributed by atoms with Gasteiger partial charge < -0.3 is 9.72 Å². The highest BCUT2D eigenvalue weighted by Crippen LogP contribution is 2.34. The first-order chi connectivity index (χ1) is 9.79. The van der Waals surface area contributed by atoms with Crippen LogP contribution in [0.25, 0.3) is 11.2 Å². The maximum atomic E-state index is 5.76. The standard InChI is InChI=1S/C14H11BrN4O/c15-11-5-9(4-8-2-1-3-10(8)11)20-14-16-6-12-13(19-14)18-7-17-12/h4-7H,1-3H2,(H,16,17,18,19). The largest absolute Gasteiger partial charge is 0.424 e. The van der Waals surface area contributed by atoms with Crippen molar-refractivity contribution in [2.24, 2.45) is 0 Å². The molecule has 20 heavy (non-hydrogen) atoms. The van der Waals surface area contributed by atoms with Crippen LogP contribution in [0, 0.1) is 0 Å². The Morgan fingerprint density at radius 2 is 2.15 bits per heavy atom. The molecular formula is C14H11BrN4O. The van der Waals surface area contributed by atoms with E-state index in [0.29, 0.717) is 11.7 Å². The van der Waals surface area contributed by atoms with Gasteiger partial charge in [-0.25, -0.2) is 9.97 Å². The minimum atomic E-state index is 0.314. The molecule has 5 nitrogen and oxygen atoms in total. The number of rotatable bonds is 2. The molecule has 2 heterocycles. The van der Waals surface area contributed by atoms with E-state index in [1.54, 1.807) is 12.5 Å². The van der Waals surface area contributed by atoms with Crippen molar-refractivity contribution in [1.29, 1.82) is 0 Å². The zero-order chi connectivity index (χ0) is 13.5. The lowest BCUT2D eigenvalue weighted by molar-refractivity contribution is 0.443. The molecule has 0 radical (unpaired) electrons. The number of aromatic nitrogens is 4. The van der Waals surface area contributed by atoms with Crippen LogP contribution in [-0.2, 0) is 12.8 Å². The molecule has 0 bridgehead atoms. The number of benzene rings is 1. The summed E-state index contributed by atoms with van der Waals surface area (Å²) >= 11 is 3.61. The Labute approximate surface area is 123 Å². The number of aryl methyl sites for hydroxylation is 1. The van der Waals surface area contributed by atoms with Crippen LogP contribution in [0.1, 0.15) is 17.5 Å². The summed E-state index contributed by atoms with van der Waals surface area (Å²) in [5.41, 5.74) is 4.14. The number of aromatic amines is 1. The molecule has 1 N–H and O–H groups in total. The zero-order valence-electron chi connectivity index (χ0n) is 10.6. The number of ether oxygens (including phenoxy) is 1. The van der Waals surface area contributed by atoms with Crippen molar-refractivity contribution in [3.05, 3.63) is 40.3 Å². The van der Waals surface area contributed by atoms with Gasteiger partial charge in [-0.05, 0) is 42.5 Å². The van der Waals surface area contributed by atoms with Crippen LogP contribution >= 0.6 is 15.9 Å². The minimum absolute atomic E-state index is 0.314. The predicted octanol–water partition coefficient (Wildman–Crippen LogP) is 3.40. The molecule has 100 valence electrons. The lowest BCUT2D eigenvalue weighted by Gasteiger charge is -2.08. The summed E-state index contributed by atoms with van der Waals surface area (Å²) in [4.78, 5) is 15.5. The molecule has 0 unspecified atom stereocenters. The van der Waals surface area contributed by atoms with Crippen LogP contribution in [0.3, 0.4) is 0 Å². The first-order valence-electron chi connectivity index (χ1n) is 6.45. The topological polar surface area (TPSA) is 63.7 Å². The third-order valence-corrected chi connectivity index (χ3v) is 4.20. The Hall–Kier alpha value is -1.95. The number of fused-ring (bicyclic) bond motifs is 2. The van der Waals surface area contributed by atoms with E-state index in [1.807, 2.05) is 6.07 Å². The maximum absolute atomic E-state index is 5.76. The Morgan fingerprint density at radius 3 is 3.10 bits per heavy atom. The van der Waals surface area contributed by atoms with Crippen molar-refractivity contribution in [2.75, 3.05) is 0 Å². The number of halogens is 1. The molecule has 0 amide bonds. The molecule has 1 aromatic carbocycles. The van der Waals surface area contributed by atoms with Gasteiger partial charge in [-0.2, -0.15) is 4.98 Å². The number of imidazole rings is 1. The number of H-pyrrole nitrogens is 1. The summed E-state index contributed by atoms with van der Waals surface area (Å²) < 4.78 is 6.86. The lowest BCUT2D eigenvalue weighted by Crippen LogP contribution is -1.94. The van der Waals surface area contributed by atoms with Gasteiger partial charge in [-0.15, -0.1) is 0 Å². The monoisotopic (exact) mass is 330 g/mol. The van der Waals surface area contributed by atoms with Crippen LogP contribution in [0.5, 0.6) is 11.8 Å². The van der Waals surface area contributed by atoms with Gasteiger partial charge in [0.25, 0.3) is 0 Å². The zero-order valence-corrected chi connectivity index (χ0v) is 12.1. The smallest absolute Gasteiger partial charge is 0.324 e. The van der Waals surface area contributed by atoms with Crippen molar-refractivity contribution < 1.29 is 4.74 Å². The van der Waals surface area contributed by atoms with Crippen molar-refractivity contribution in [1.82, 2.24) is 19.9 Å². The van der Waals surface area contributed by atoms with E-state index in [9.17, 15) is 0 Å². The van der Waals surface area contributed by atoms with Crippen molar-refractivity contribution in [2.45, 2.75) is 19.3 Å². The van der Waals surface area contributed by atoms with Gasteiger partial charge in [0.15, 0.2) is 5.65 Å². The highest BCUT2D eigenvalue weighted by Gasteiger charge is 2.16. The summed E-state index contributed by atoms with van der Waals surface area (Å²) in [6.45, 7) is 0. The Balaban J connectivity index is 1.70. The molecule has 0 saturated heterocycles. The minimum Gasteiger partial charge on any atom is -0.424 e. The number of nitrogens with one attached hydrogen (secondary N) is 1. The van der Waals surface area contributed by atoms with Gasteiger partial charge in [0.2, 0.25) is 0 Å². The highest BCUT2D eigenvalue weighted by atomic mass is 79.9. The molecule has 2 aromatic heterocycles. The van der Waals surface area contributed by atoms with Gasteiger partial charge >= 0.3 is 6.01 Å². The fourth-order valence-corrected chi connectivity index (χ4v) is 3.24. The molecule has 4 rings (SSSR count). The number of hydrogen-bond acceptors (Lipinski definition) is 4. The average Bonchev–Trinajstić information content (AvgIpc) is 3.06. The fraction of sp³-hybridized carbons (Fsp3) is 0.214. The van der Waals surface area contributed by atoms with Gasteiger partial charge in [-0.3, -0.25) is 0 Å². The van der Waals surface area contributed by atoms with E-state index < -0.39 is 0 Å². The van der Waals surface area contributed by atoms with Gasteiger partial charge in [0.05, 0.1) is 12.5 Å². The van der Waals surface area contributed by atoms with Gasteiger partial charge in [-0.1, -0.05) is 15.9 Å². The third kappa shape index (κ3) is 1.96. The predicted molar refractivity (Wildman–Crippen MR) is 77.9 cm³/mol. The molecular weight excluding hydrogens is 320 g/mol. The molecule has 6 heteroatoms. The second kappa shape index (κ2) is 4.56. The van der Waals surface area contributed by atoms with Gasteiger partial charge in [0.1, 0.15) is 11.3 Å². The second-order valence-corrected chi connectivity index (χ2v) is 5.65. The third-order valence-electron chi connectivity index (χ3n) is 3.50. The van der Waals surface area contributed by atoms with Crippen LogP contribution in [0.15, 0.2) is 29.1 Å². The summed E-state index contributed by atoms with van der Waals surface area (Å²) in [5.74, 6) is 0.757. The number of hydrogen-bond donors (Lipinski definition) is 1. The van der Waals surface area contributed by atoms with Gasteiger partial charge in [0, 0.05) is 4.47 Å². The van der Waals surface area contributed by atoms with Crippen LogP contribution in [0.2, 0.25) is 0 Å². The molecule has 1 aliphatic carbocycles. The molecule has 0 atom stereocenters. The lowest BCUT2D eigenvalue weighted by atomic mass is 10.1. The molecule has 0 saturated carbocycles. The summed E-state index contributed by atoms with van der Waals surface area (Å²) in [6, 6.07) is 4.36. The second-order valence-electron chi connectivity index (χ2n) is 4.79. The molecule has 0 spiro atoms. The molecule has 0 aliphatic heterocycles. The Kier molecular flexibility index (Phi) is 2.70. The molecule has 3 aromatic rings. The van der Waals surface area contributed by atoms with E-state index in [2.05, 4.69) is 41.9 Å². The van der Waals surface area contributed by atoms with Crippen LogP contribution in [0.4, 0.5) is 0 Å². The molecule has 1 aliphatic rings. The molecule has 0 fully saturated rings.